The Bertz CT molecular complexity index is 694. The number of carbonyl (C=O) groups excluding carboxylic acids is 1. The van der Waals surface area contributed by atoms with Crippen LogP contribution >= 0.6 is 0 Å². The van der Waals surface area contributed by atoms with Gasteiger partial charge >= 0.3 is 11.8 Å². The Morgan fingerprint density at radius 3 is 2.77 bits per heavy atom. The Hall–Kier alpha value is -2.57. The summed E-state index contributed by atoms with van der Waals surface area (Å²) in [7, 11) is 0. The zero-order valence-corrected chi connectivity index (χ0v) is 11.7. The Kier molecular flexibility index (Phi) is 3.48. The maximum Gasteiger partial charge on any atom is 0.366 e. The summed E-state index contributed by atoms with van der Waals surface area (Å²) in [6, 6.07) is 7.16. The Morgan fingerprint density at radius 2 is 2.05 bits per heavy atom. The number of aromatic nitrogens is 2. The Labute approximate surface area is 125 Å². The van der Waals surface area contributed by atoms with Crippen molar-refractivity contribution in [2.75, 3.05) is 11.4 Å². The number of hydrogen-bond acceptors (Lipinski definition) is 4. The average Bonchev–Trinajstić information content (AvgIpc) is 2.54. The smallest absolute Gasteiger partial charge is 0.366 e. The normalized spacial score (nSPS) is 17.6. The van der Waals surface area contributed by atoms with Crippen molar-refractivity contribution < 1.29 is 18.3 Å². The molecule has 0 bridgehead atoms. The molecule has 114 valence electrons. The summed E-state index contributed by atoms with van der Waals surface area (Å²) in [4.78, 5) is 21.0. The molecule has 7 heteroatoms. The highest BCUT2D eigenvalue weighted by molar-refractivity contribution is 6.00. The third kappa shape index (κ3) is 2.38. The van der Waals surface area contributed by atoms with E-state index in [0.717, 1.165) is 11.0 Å². The van der Waals surface area contributed by atoms with E-state index in [4.69, 9.17) is 4.74 Å². The van der Waals surface area contributed by atoms with Crippen LogP contribution in [0.25, 0.3) is 0 Å². The van der Waals surface area contributed by atoms with Crippen molar-refractivity contribution in [3.63, 3.8) is 0 Å². The molecule has 22 heavy (non-hydrogen) atoms. The molecule has 1 unspecified atom stereocenters. The number of ether oxygens (including phenoxy) is 1. The summed E-state index contributed by atoms with van der Waals surface area (Å²) >= 11 is 0. The molecule has 1 atom stereocenters. The number of alkyl halides is 2. The van der Waals surface area contributed by atoms with Gasteiger partial charge in [0.05, 0.1) is 6.54 Å². The maximum absolute atomic E-state index is 14.4. The first-order chi connectivity index (χ1) is 10.5. The Morgan fingerprint density at radius 1 is 1.27 bits per heavy atom. The lowest BCUT2D eigenvalue weighted by Gasteiger charge is -2.34. The molecule has 0 saturated carbocycles. The van der Waals surface area contributed by atoms with Gasteiger partial charge in [0.2, 0.25) is 5.88 Å². The van der Waals surface area contributed by atoms with Gasteiger partial charge in [0, 0.05) is 12.4 Å². The van der Waals surface area contributed by atoms with E-state index in [1.165, 1.54) is 30.6 Å². The fraction of sp³-hybridized carbons (Fsp3) is 0.267. The molecular weight excluding hydrogens is 292 g/mol. The molecule has 3 rings (SSSR count). The van der Waals surface area contributed by atoms with E-state index in [2.05, 4.69) is 9.97 Å². The number of halogens is 2. The van der Waals surface area contributed by atoms with E-state index >= 15 is 0 Å². The monoisotopic (exact) mass is 305 g/mol. The fourth-order valence-electron chi connectivity index (χ4n) is 2.28. The predicted octanol–water partition coefficient (Wildman–Crippen LogP) is 2.38. The van der Waals surface area contributed by atoms with Crippen molar-refractivity contribution in [2.45, 2.75) is 19.0 Å². The summed E-state index contributed by atoms with van der Waals surface area (Å²) in [6.07, 6.45) is 2.29. The van der Waals surface area contributed by atoms with E-state index in [9.17, 15) is 13.6 Å². The molecule has 5 nitrogen and oxygen atoms in total. The van der Waals surface area contributed by atoms with E-state index in [-0.39, 0.29) is 18.1 Å². The van der Waals surface area contributed by atoms with Gasteiger partial charge in [0.1, 0.15) is 17.5 Å². The van der Waals surface area contributed by atoms with E-state index in [0.29, 0.717) is 0 Å². The van der Waals surface area contributed by atoms with Crippen LogP contribution in [0.15, 0.2) is 42.7 Å². The fourth-order valence-corrected chi connectivity index (χ4v) is 2.28. The lowest BCUT2D eigenvalue weighted by atomic mass is 10.1. The minimum absolute atomic E-state index is 0.0277. The second kappa shape index (κ2) is 5.32. The molecule has 0 fully saturated rings. The second-order valence-corrected chi connectivity index (χ2v) is 4.96. The number of fused-ring (bicyclic) bond motifs is 1. The van der Waals surface area contributed by atoms with Crippen LogP contribution in [0.4, 0.5) is 14.5 Å². The van der Waals surface area contributed by atoms with Gasteiger partial charge in [-0.05, 0) is 31.2 Å². The third-order valence-corrected chi connectivity index (χ3v) is 3.29. The first-order valence-electron chi connectivity index (χ1n) is 6.73. The van der Waals surface area contributed by atoms with Crippen LogP contribution in [0.1, 0.15) is 12.6 Å². The number of nitrogens with zero attached hydrogens (tertiary/aromatic N) is 3. The predicted molar refractivity (Wildman–Crippen MR) is 74.8 cm³/mol. The quantitative estimate of drug-likeness (QED) is 0.855. The molecule has 0 aliphatic carbocycles. The van der Waals surface area contributed by atoms with Crippen molar-refractivity contribution in [1.82, 2.24) is 9.97 Å². The zero-order chi connectivity index (χ0) is 15.7. The van der Waals surface area contributed by atoms with Gasteiger partial charge in [-0.25, -0.2) is 4.98 Å². The third-order valence-electron chi connectivity index (χ3n) is 3.29. The van der Waals surface area contributed by atoms with Crippen molar-refractivity contribution in [3.05, 3.63) is 48.4 Å². The molecular formula is C15H13F2N3O2. The Balaban J connectivity index is 1.99. The van der Waals surface area contributed by atoms with Crippen LogP contribution in [0, 0.1) is 0 Å². The van der Waals surface area contributed by atoms with E-state index in [1.807, 2.05) is 0 Å². The van der Waals surface area contributed by atoms with Gasteiger partial charge in [-0.3, -0.25) is 14.7 Å². The van der Waals surface area contributed by atoms with Crippen LogP contribution in [0.5, 0.6) is 5.88 Å². The van der Waals surface area contributed by atoms with E-state index < -0.39 is 23.6 Å². The molecule has 0 N–H and O–H groups in total. The van der Waals surface area contributed by atoms with Gasteiger partial charge in [-0.2, -0.15) is 8.78 Å². The SMILES string of the molecule is CC1CN(C(=O)C(F)(F)c2ccccn2)c2cccnc2O1. The van der Waals surface area contributed by atoms with Crippen LogP contribution < -0.4 is 9.64 Å². The molecule has 0 radical (unpaired) electrons. The number of carbonyl (C=O) groups is 1. The molecule has 3 heterocycles. The first kappa shape index (κ1) is 14.4. The molecule has 0 saturated heterocycles. The molecule has 1 amide bonds. The van der Waals surface area contributed by atoms with E-state index in [1.54, 1.807) is 13.0 Å². The number of anilines is 1. The lowest BCUT2D eigenvalue weighted by molar-refractivity contribution is -0.145. The zero-order valence-electron chi connectivity index (χ0n) is 11.7. The van der Waals surface area contributed by atoms with Gasteiger partial charge in [-0.15, -0.1) is 0 Å². The molecule has 2 aromatic heterocycles. The minimum Gasteiger partial charge on any atom is -0.471 e. The van der Waals surface area contributed by atoms with Gasteiger partial charge < -0.3 is 4.74 Å². The molecule has 2 aromatic rings. The van der Waals surface area contributed by atoms with Gasteiger partial charge in [0.15, 0.2) is 0 Å². The summed E-state index contributed by atoms with van der Waals surface area (Å²) in [5.41, 5.74) is -0.342. The highest BCUT2D eigenvalue weighted by atomic mass is 19.3. The van der Waals surface area contributed by atoms with Crippen LogP contribution in [-0.2, 0) is 10.7 Å². The molecule has 1 aliphatic heterocycles. The molecule has 0 spiro atoms. The molecule has 1 aliphatic rings. The van der Waals surface area contributed by atoms with Crippen molar-refractivity contribution in [3.8, 4) is 5.88 Å². The van der Waals surface area contributed by atoms with Crippen LogP contribution in [-0.4, -0.2) is 28.5 Å². The topological polar surface area (TPSA) is 55.3 Å². The standard InChI is InChI=1S/C15H13F2N3O2/c1-10-9-20(11-5-4-8-19-13(11)22-10)14(21)15(16,17)12-6-2-3-7-18-12/h2-8,10H,9H2,1H3. The van der Waals surface area contributed by atoms with Crippen molar-refractivity contribution in [2.24, 2.45) is 0 Å². The highest BCUT2D eigenvalue weighted by Crippen LogP contribution is 2.36. The number of amides is 1. The minimum atomic E-state index is -3.72. The first-order valence-corrected chi connectivity index (χ1v) is 6.73. The summed E-state index contributed by atoms with van der Waals surface area (Å²) in [5.74, 6) is -4.88. The van der Waals surface area contributed by atoms with Crippen molar-refractivity contribution in [1.29, 1.82) is 0 Å². The van der Waals surface area contributed by atoms with Crippen LogP contribution in [0.2, 0.25) is 0 Å². The highest BCUT2D eigenvalue weighted by Gasteiger charge is 2.47. The van der Waals surface area contributed by atoms with Gasteiger partial charge in [-0.1, -0.05) is 6.07 Å². The second-order valence-electron chi connectivity index (χ2n) is 4.96. The maximum atomic E-state index is 14.4. The average molecular weight is 305 g/mol. The summed E-state index contributed by atoms with van der Waals surface area (Å²) in [6.45, 7) is 1.72. The summed E-state index contributed by atoms with van der Waals surface area (Å²) < 4.78 is 34.3. The van der Waals surface area contributed by atoms with Crippen molar-refractivity contribution >= 4 is 11.6 Å². The number of pyridine rings is 2. The lowest BCUT2D eigenvalue weighted by Crippen LogP contribution is -2.48. The molecule has 0 aromatic carbocycles. The van der Waals surface area contributed by atoms with Gasteiger partial charge in [0.25, 0.3) is 0 Å². The largest absolute Gasteiger partial charge is 0.471 e. The summed E-state index contributed by atoms with van der Waals surface area (Å²) in [5, 5.41) is 0. The van der Waals surface area contributed by atoms with Crippen LogP contribution in [0.3, 0.4) is 0 Å². The number of rotatable bonds is 2. The number of hydrogen-bond donors (Lipinski definition) is 0.